The highest BCUT2D eigenvalue weighted by molar-refractivity contribution is 6.31. The van der Waals surface area contributed by atoms with Crippen LogP contribution in [0.2, 0.25) is 5.02 Å². The second-order valence-corrected chi connectivity index (χ2v) is 4.67. The first-order valence-electron chi connectivity index (χ1n) is 6.03. The average molecular weight is 289 g/mol. The molecule has 2 rings (SSSR count). The number of rotatable bonds is 2. The van der Waals surface area contributed by atoms with Crippen LogP contribution in [0.5, 0.6) is 0 Å². The maximum absolute atomic E-state index is 12.1. The molecule has 20 heavy (non-hydrogen) atoms. The summed E-state index contributed by atoms with van der Waals surface area (Å²) >= 11 is 6.04. The molecule has 5 heteroatoms. The van der Waals surface area contributed by atoms with E-state index in [1.54, 1.807) is 37.5 Å². The summed E-state index contributed by atoms with van der Waals surface area (Å²) in [7, 11) is 0. The fourth-order valence-corrected chi connectivity index (χ4v) is 1.91. The predicted molar refractivity (Wildman–Crippen MR) is 79.5 cm³/mol. The van der Waals surface area contributed by atoms with Crippen LogP contribution in [0, 0.1) is 18.8 Å². The molecule has 0 atom stereocenters. The average Bonchev–Trinajstić information content (AvgIpc) is 2.44. The largest absolute Gasteiger partial charge is 0.321 e. The number of hydrogen-bond donors (Lipinski definition) is 0. The Labute approximate surface area is 121 Å². The lowest BCUT2D eigenvalue weighted by atomic mass is 10.2. The smallest absolute Gasteiger partial charge is 0.298 e. The van der Waals surface area contributed by atoms with Gasteiger partial charge in [0.15, 0.2) is 0 Å². The second kappa shape index (κ2) is 5.81. The molecular weight excluding hydrogens is 276 g/mol. The van der Waals surface area contributed by atoms with Crippen LogP contribution >= 0.6 is 11.6 Å². The van der Waals surface area contributed by atoms with E-state index in [2.05, 4.69) is 11.8 Å². The van der Waals surface area contributed by atoms with Gasteiger partial charge in [-0.2, -0.15) is 0 Å². The fraction of sp³-hybridized carbons (Fsp3) is 0.200. The number of halogens is 1. The molecule has 0 spiro atoms. The minimum absolute atomic E-state index is 0.208. The van der Waals surface area contributed by atoms with Crippen molar-refractivity contribution in [3.63, 3.8) is 0 Å². The van der Waals surface area contributed by atoms with Gasteiger partial charge in [-0.3, -0.25) is 18.7 Å². The highest BCUT2D eigenvalue weighted by Gasteiger charge is 2.07. The zero-order chi connectivity index (χ0) is 14.7. The van der Waals surface area contributed by atoms with Gasteiger partial charge in [-0.25, -0.2) is 0 Å². The first-order chi connectivity index (χ1) is 9.54. The van der Waals surface area contributed by atoms with E-state index in [1.807, 2.05) is 6.92 Å². The molecule has 1 heterocycles. The zero-order valence-electron chi connectivity index (χ0n) is 11.2. The third-order valence-electron chi connectivity index (χ3n) is 2.92. The molecule has 0 aliphatic rings. The van der Waals surface area contributed by atoms with E-state index in [0.29, 0.717) is 10.7 Å². The molecule has 0 saturated carbocycles. The van der Waals surface area contributed by atoms with Gasteiger partial charge in [-0.05, 0) is 31.5 Å². The van der Waals surface area contributed by atoms with Crippen molar-refractivity contribution < 1.29 is 0 Å². The Kier molecular flexibility index (Phi) is 4.11. The molecule has 1 aromatic carbocycles. The van der Waals surface area contributed by atoms with Crippen molar-refractivity contribution in [2.24, 2.45) is 0 Å². The molecule has 0 saturated heterocycles. The third kappa shape index (κ3) is 2.68. The summed E-state index contributed by atoms with van der Waals surface area (Å²) in [6.45, 7) is 3.76. The maximum Gasteiger partial charge on any atom is 0.321 e. The van der Waals surface area contributed by atoms with Gasteiger partial charge in [0.1, 0.15) is 0 Å². The minimum atomic E-state index is -0.620. The normalized spacial score (nSPS) is 9.95. The van der Waals surface area contributed by atoms with Crippen molar-refractivity contribution >= 4 is 11.6 Å². The van der Waals surface area contributed by atoms with E-state index in [0.717, 1.165) is 5.56 Å². The molecule has 0 amide bonds. The van der Waals surface area contributed by atoms with Gasteiger partial charge in [-0.1, -0.05) is 23.6 Å². The number of aryl methyl sites for hydroxylation is 1. The maximum atomic E-state index is 12.1. The lowest BCUT2D eigenvalue weighted by molar-refractivity contribution is 0.744. The van der Waals surface area contributed by atoms with Crippen molar-refractivity contribution in [1.82, 2.24) is 9.13 Å². The lowest BCUT2D eigenvalue weighted by Crippen LogP contribution is -2.39. The molecule has 0 aliphatic heterocycles. The van der Waals surface area contributed by atoms with Crippen molar-refractivity contribution in [3.8, 4) is 17.5 Å². The van der Waals surface area contributed by atoms with Gasteiger partial charge in [0.2, 0.25) is 0 Å². The Morgan fingerprint density at radius 1 is 1.20 bits per heavy atom. The van der Waals surface area contributed by atoms with Gasteiger partial charge in [0, 0.05) is 17.4 Å². The Morgan fingerprint density at radius 3 is 2.60 bits per heavy atom. The molecule has 1 aromatic heterocycles. The monoisotopic (exact) mass is 288 g/mol. The van der Waals surface area contributed by atoms with Crippen LogP contribution < -0.4 is 11.1 Å². The quantitative estimate of drug-likeness (QED) is 0.626. The van der Waals surface area contributed by atoms with Crippen LogP contribution in [-0.2, 0) is 6.54 Å². The summed E-state index contributed by atoms with van der Waals surface area (Å²) in [5.74, 6) is 5.44. The number of nitrogens with zero attached hydrogens (tertiary/aromatic N) is 2. The third-order valence-corrected chi connectivity index (χ3v) is 3.33. The molecule has 4 nitrogen and oxygen atoms in total. The molecule has 0 radical (unpaired) electrons. The summed E-state index contributed by atoms with van der Waals surface area (Å²) in [5.41, 5.74) is 0.253. The van der Waals surface area contributed by atoms with Gasteiger partial charge in [0.05, 0.1) is 12.2 Å². The van der Waals surface area contributed by atoms with Crippen molar-refractivity contribution in [2.45, 2.75) is 20.4 Å². The standard InChI is InChI=1S/C15H13ClN2O2/c1-3-4-7-17-8-9-18(15(20)14(17)19)12-6-5-11(2)13(16)10-12/h5-6,8-10H,7H2,1-2H3. The van der Waals surface area contributed by atoms with Gasteiger partial charge in [-0.15, -0.1) is 5.92 Å². The Balaban J connectivity index is 2.56. The minimum Gasteiger partial charge on any atom is -0.298 e. The van der Waals surface area contributed by atoms with Gasteiger partial charge < -0.3 is 0 Å². The van der Waals surface area contributed by atoms with Crippen molar-refractivity contribution in [1.29, 1.82) is 0 Å². The molecule has 0 unspecified atom stereocenters. The van der Waals surface area contributed by atoms with Gasteiger partial charge >= 0.3 is 11.1 Å². The van der Waals surface area contributed by atoms with E-state index in [-0.39, 0.29) is 6.54 Å². The molecular formula is C15H13ClN2O2. The topological polar surface area (TPSA) is 44.0 Å². The van der Waals surface area contributed by atoms with Crippen molar-refractivity contribution in [2.75, 3.05) is 0 Å². The predicted octanol–water partition coefficient (Wildman–Crippen LogP) is 1.98. The summed E-state index contributed by atoms with van der Waals surface area (Å²) < 4.78 is 2.56. The first-order valence-corrected chi connectivity index (χ1v) is 6.40. The summed E-state index contributed by atoms with van der Waals surface area (Å²) in [6.07, 6.45) is 3.09. The Bertz CT molecular complexity index is 822. The molecule has 0 fully saturated rings. The van der Waals surface area contributed by atoms with E-state index >= 15 is 0 Å². The van der Waals surface area contributed by atoms with Crippen LogP contribution in [0.4, 0.5) is 0 Å². The summed E-state index contributed by atoms with van der Waals surface area (Å²) in [5, 5.41) is 0.551. The van der Waals surface area contributed by atoms with Crippen molar-refractivity contribution in [3.05, 3.63) is 61.9 Å². The molecule has 0 aliphatic carbocycles. The number of benzene rings is 1. The van der Waals surface area contributed by atoms with E-state index in [9.17, 15) is 9.59 Å². The van der Waals surface area contributed by atoms with Crippen LogP contribution in [0.25, 0.3) is 5.69 Å². The molecule has 0 N–H and O–H groups in total. The zero-order valence-corrected chi connectivity index (χ0v) is 11.9. The van der Waals surface area contributed by atoms with Crippen LogP contribution in [0.1, 0.15) is 12.5 Å². The summed E-state index contributed by atoms with van der Waals surface area (Å²) in [6, 6.07) is 5.21. The second-order valence-electron chi connectivity index (χ2n) is 4.27. The van der Waals surface area contributed by atoms with E-state index in [4.69, 9.17) is 11.6 Å². The Hall–Kier alpha value is -2.25. The van der Waals surface area contributed by atoms with Crippen LogP contribution in [0.15, 0.2) is 40.2 Å². The lowest BCUT2D eigenvalue weighted by Gasteiger charge is -2.08. The first kappa shape index (κ1) is 14.2. The fourth-order valence-electron chi connectivity index (χ4n) is 1.73. The van der Waals surface area contributed by atoms with Crippen LogP contribution in [0.3, 0.4) is 0 Å². The van der Waals surface area contributed by atoms with Gasteiger partial charge in [0.25, 0.3) is 0 Å². The molecule has 102 valence electrons. The molecule has 2 aromatic rings. The Morgan fingerprint density at radius 2 is 1.95 bits per heavy atom. The molecule has 0 bridgehead atoms. The highest BCUT2D eigenvalue weighted by Crippen LogP contribution is 2.18. The number of aromatic nitrogens is 2. The number of hydrogen-bond acceptors (Lipinski definition) is 2. The van der Waals surface area contributed by atoms with E-state index < -0.39 is 11.1 Å². The summed E-state index contributed by atoms with van der Waals surface area (Å²) in [4.78, 5) is 24.0. The van der Waals surface area contributed by atoms with E-state index in [1.165, 1.54) is 9.13 Å². The highest BCUT2D eigenvalue weighted by atomic mass is 35.5. The van der Waals surface area contributed by atoms with Crippen LogP contribution in [-0.4, -0.2) is 9.13 Å². The SMILES string of the molecule is CC#CCn1ccn(-c2ccc(C)c(Cl)c2)c(=O)c1=O.